The van der Waals surface area contributed by atoms with Crippen LogP contribution < -0.4 is 11.1 Å². The van der Waals surface area contributed by atoms with E-state index in [1.54, 1.807) is 0 Å². The van der Waals surface area contributed by atoms with Gasteiger partial charge in [0.05, 0.1) is 12.5 Å². The molecule has 0 fully saturated rings. The Hall–Kier alpha value is -1.56. The molecule has 1 rings (SSSR count). The predicted octanol–water partition coefficient (Wildman–Crippen LogP) is 2.40. The highest BCUT2D eigenvalue weighted by Gasteiger charge is 2.31. The molecule has 20 heavy (non-hydrogen) atoms. The van der Waals surface area contributed by atoms with E-state index in [9.17, 15) is 18.0 Å². The molecule has 6 heteroatoms. The molecule has 0 heterocycles. The van der Waals surface area contributed by atoms with E-state index in [4.69, 9.17) is 5.73 Å². The van der Waals surface area contributed by atoms with Crippen LogP contribution in [-0.4, -0.2) is 24.2 Å². The van der Waals surface area contributed by atoms with Crippen molar-refractivity contribution in [2.75, 3.05) is 0 Å². The van der Waals surface area contributed by atoms with Gasteiger partial charge in [0.2, 0.25) is 5.91 Å². The molecule has 0 radical (unpaired) electrons. The van der Waals surface area contributed by atoms with Crippen molar-refractivity contribution in [1.29, 1.82) is 0 Å². The molecule has 0 spiro atoms. The first-order valence-corrected chi connectivity index (χ1v) is 6.44. The minimum absolute atomic E-state index is 0.397. The monoisotopic (exact) mass is 288 g/mol. The zero-order chi connectivity index (χ0) is 15.2. The maximum absolute atomic E-state index is 12.1. The van der Waals surface area contributed by atoms with E-state index >= 15 is 0 Å². The number of benzene rings is 1. The zero-order valence-corrected chi connectivity index (χ0v) is 11.3. The maximum Gasteiger partial charge on any atom is 0.391 e. The molecule has 0 saturated carbocycles. The Kier molecular flexibility index (Phi) is 6.01. The topological polar surface area (TPSA) is 55.1 Å². The fourth-order valence-electron chi connectivity index (χ4n) is 1.85. The van der Waals surface area contributed by atoms with Gasteiger partial charge in [0.15, 0.2) is 0 Å². The Morgan fingerprint density at radius 2 is 1.90 bits per heavy atom. The summed E-state index contributed by atoms with van der Waals surface area (Å²) in [6.45, 7) is 1.31. The number of amides is 1. The molecular weight excluding hydrogens is 269 g/mol. The van der Waals surface area contributed by atoms with Crippen LogP contribution in [0, 0.1) is 0 Å². The lowest BCUT2D eigenvalue weighted by Crippen LogP contribution is -2.45. The van der Waals surface area contributed by atoms with Gasteiger partial charge < -0.3 is 11.1 Å². The average molecular weight is 288 g/mol. The minimum atomic E-state index is -4.29. The molecule has 0 saturated heterocycles. The number of aryl methyl sites for hydroxylation is 1. The number of nitrogens with two attached hydrogens (primary N) is 1. The Bertz CT molecular complexity index is 420. The summed E-state index contributed by atoms with van der Waals surface area (Å²) in [7, 11) is 0. The summed E-state index contributed by atoms with van der Waals surface area (Å²) in [5, 5.41) is 2.29. The van der Waals surface area contributed by atoms with Gasteiger partial charge in [-0.25, -0.2) is 0 Å². The van der Waals surface area contributed by atoms with E-state index in [0.29, 0.717) is 12.8 Å². The summed E-state index contributed by atoms with van der Waals surface area (Å²) in [6, 6.07) is 7.71. The fraction of sp³-hybridized carbons (Fsp3) is 0.500. The van der Waals surface area contributed by atoms with E-state index in [2.05, 4.69) is 5.32 Å². The van der Waals surface area contributed by atoms with E-state index < -0.39 is 30.6 Å². The van der Waals surface area contributed by atoms with Gasteiger partial charge in [-0.15, -0.1) is 0 Å². The molecular formula is C14H19F3N2O. The number of nitrogens with one attached hydrogen (secondary N) is 1. The molecule has 1 aromatic carbocycles. The second-order valence-corrected chi connectivity index (χ2v) is 4.86. The van der Waals surface area contributed by atoms with Gasteiger partial charge in [0, 0.05) is 6.04 Å². The van der Waals surface area contributed by atoms with Crippen LogP contribution >= 0.6 is 0 Å². The van der Waals surface area contributed by atoms with Crippen molar-refractivity contribution >= 4 is 5.91 Å². The molecule has 0 aliphatic rings. The summed E-state index contributed by atoms with van der Waals surface area (Å²) < 4.78 is 36.4. The van der Waals surface area contributed by atoms with Crippen LogP contribution in [0.1, 0.15) is 25.3 Å². The van der Waals surface area contributed by atoms with Gasteiger partial charge in [0.25, 0.3) is 0 Å². The molecule has 0 aliphatic carbocycles. The highest BCUT2D eigenvalue weighted by molar-refractivity contribution is 5.81. The maximum atomic E-state index is 12.1. The Morgan fingerprint density at radius 3 is 2.45 bits per heavy atom. The number of rotatable bonds is 6. The van der Waals surface area contributed by atoms with Gasteiger partial charge in [-0.2, -0.15) is 13.2 Å². The van der Waals surface area contributed by atoms with E-state index in [-0.39, 0.29) is 0 Å². The molecule has 1 amide bonds. The Labute approximate surface area is 116 Å². The SMILES string of the molecule is CC(CC(F)(F)F)NC(=O)C(N)CCc1ccccc1. The van der Waals surface area contributed by atoms with Crippen LogP contribution in [0.2, 0.25) is 0 Å². The highest BCUT2D eigenvalue weighted by atomic mass is 19.4. The number of halogens is 3. The normalized spacial score (nSPS) is 14.7. The lowest BCUT2D eigenvalue weighted by Gasteiger charge is -2.18. The zero-order valence-electron chi connectivity index (χ0n) is 11.3. The van der Waals surface area contributed by atoms with Crippen molar-refractivity contribution in [2.24, 2.45) is 5.73 Å². The molecule has 0 aromatic heterocycles. The standard InChI is InChI=1S/C14H19F3N2O/c1-10(9-14(15,16)17)19-13(20)12(18)8-7-11-5-3-2-4-6-11/h2-6,10,12H,7-9,18H2,1H3,(H,19,20). The number of hydrogen-bond acceptors (Lipinski definition) is 2. The number of carbonyl (C=O) groups is 1. The lowest BCUT2D eigenvalue weighted by atomic mass is 10.0. The van der Waals surface area contributed by atoms with Crippen LogP contribution in [0.15, 0.2) is 30.3 Å². The highest BCUT2D eigenvalue weighted by Crippen LogP contribution is 2.21. The number of carbonyl (C=O) groups excluding carboxylic acids is 1. The fourth-order valence-corrected chi connectivity index (χ4v) is 1.85. The third-order valence-electron chi connectivity index (χ3n) is 2.85. The first-order chi connectivity index (χ1) is 9.28. The van der Waals surface area contributed by atoms with Crippen molar-refractivity contribution in [3.63, 3.8) is 0 Å². The number of hydrogen-bond donors (Lipinski definition) is 2. The Morgan fingerprint density at radius 1 is 1.30 bits per heavy atom. The number of alkyl halides is 3. The van der Waals surface area contributed by atoms with Gasteiger partial charge in [0.1, 0.15) is 0 Å². The van der Waals surface area contributed by atoms with Crippen LogP contribution in [0.4, 0.5) is 13.2 Å². The molecule has 1 aromatic rings. The van der Waals surface area contributed by atoms with Crippen LogP contribution in [0.3, 0.4) is 0 Å². The molecule has 0 aliphatic heterocycles. The summed E-state index contributed by atoms with van der Waals surface area (Å²) in [4.78, 5) is 11.7. The van der Waals surface area contributed by atoms with Crippen LogP contribution in [0.25, 0.3) is 0 Å². The van der Waals surface area contributed by atoms with Crippen molar-refractivity contribution in [3.05, 3.63) is 35.9 Å². The summed E-state index contributed by atoms with van der Waals surface area (Å²) in [5.74, 6) is -0.544. The summed E-state index contributed by atoms with van der Waals surface area (Å²) in [6.07, 6.45) is -4.33. The quantitative estimate of drug-likeness (QED) is 0.844. The second kappa shape index (κ2) is 7.28. The average Bonchev–Trinajstić information content (AvgIpc) is 2.34. The van der Waals surface area contributed by atoms with Crippen molar-refractivity contribution in [2.45, 2.75) is 44.4 Å². The molecule has 2 unspecified atom stereocenters. The predicted molar refractivity (Wildman–Crippen MR) is 71.0 cm³/mol. The van der Waals surface area contributed by atoms with Gasteiger partial charge in [-0.05, 0) is 25.3 Å². The summed E-state index contributed by atoms with van der Waals surface area (Å²) >= 11 is 0. The summed E-state index contributed by atoms with van der Waals surface area (Å²) in [5.41, 5.74) is 6.72. The second-order valence-electron chi connectivity index (χ2n) is 4.86. The molecule has 0 bridgehead atoms. The van der Waals surface area contributed by atoms with Gasteiger partial charge in [-0.3, -0.25) is 4.79 Å². The van der Waals surface area contributed by atoms with Crippen molar-refractivity contribution in [3.8, 4) is 0 Å². The first kappa shape index (κ1) is 16.5. The molecule has 3 nitrogen and oxygen atoms in total. The first-order valence-electron chi connectivity index (χ1n) is 6.44. The largest absolute Gasteiger partial charge is 0.391 e. The van der Waals surface area contributed by atoms with E-state index in [1.807, 2.05) is 30.3 Å². The molecule has 112 valence electrons. The van der Waals surface area contributed by atoms with Gasteiger partial charge >= 0.3 is 6.18 Å². The Balaban J connectivity index is 2.36. The van der Waals surface area contributed by atoms with E-state index in [1.165, 1.54) is 6.92 Å². The third-order valence-corrected chi connectivity index (χ3v) is 2.85. The minimum Gasteiger partial charge on any atom is -0.352 e. The van der Waals surface area contributed by atoms with Crippen LogP contribution in [0.5, 0.6) is 0 Å². The third kappa shape index (κ3) is 6.56. The van der Waals surface area contributed by atoms with Gasteiger partial charge in [-0.1, -0.05) is 30.3 Å². The van der Waals surface area contributed by atoms with Crippen molar-refractivity contribution in [1.82, 2.24) is 5.32 Å². The van der Waals surface area contributed by atoms with E-state index in [0.717, 1.165) is 5.56 Å². The van der Waals surface area contributed by atoms with Crippen molar-refractivity contribution < 1.29 is 18.0 Å². The smallest absolute Gasteiger partial charge is 0.352 e. The lowest BCUT2D eigenvalue weighted by molar-refractivity contribution is -0.141. The van der Waals surface area contributed by atoms with Crippen LogP contribution in [-0.2, 0) is 11.2 Å². The molecule has 2 atom stereocenters. The molecule has 3 N–H and O–H groups in total.